The summed E-state index contributed by atoms with van der Waals surface area (Å²) < 4.78 is 4.92. The number of hydrogen-bond acceptors (Lipinski definition) is 3. The second kappa shape index (κ2) is 7.23. The number of hydrogen-bond donors (Lipinski definition) is 1. The monoisotopic (exact) mass is 321 g/mol. The molecule has 0 heterocycles. The molecule has 0 aliphatic heterocycles. The number of nitrogens with one attached hydrogen (secondary N) is 1. The van der Waals surface area contributed by atoms with E-state index in [1.54, 1.807) is 0 Å². The van der Waals surface area contributed by atoms with E-state index in [-0.39, 0.29) is 11.4 Å². The van der Waals surface area contributed by atoms with Crippen LogP contribution in [0.5, 0.6) is 0 Å². The summed E-state index contributed by atoms with van der Waals surface area (Å²) in [6, 6.07) is 0. The Morgan fingerprint density at radius 1 is 1.00 bits per heavy atom. The normalized spacial score (nSPS) is 34.4. The van der Waals surface area contributed by atoms with Gasteiger partial charge in [0.05, 0.1) is 6.61 Å². The summed E-state index contributed by atoms with van der Waals surface area (Å²) in [7, 11) is 0. The molecule has 0 radical (unpaired) electrons. The fourth-order valence-corrected chi connectivity index (χ4v) is 5.58. The molecule has 4 bridgehead atoms. The lowest BCUT2D eigenvalue weighted by Crippen LogP contribution is -2.53. The van der Waals surface area contributed by atoms with Gasteiger partial charge in [-0.3, -0.25) is 9.59 Å². The standard InChI is InChI=1S/C19H31NO3/c1-2-23-17(21)6-4-3-5-7-20-18(22)19-11-14-8-15(12-19)10-16(9-14)13-19/h14-16H,2-13H2,1H3,(H,20,22). The maximum Gasteiger partial charge on any atom is 0.305 e. The largest absolute Gasteiger partial charge is 0.466 e. The van der Waals surface area contributed by atoms with E-state index >= 15 is 0 Å². The number of ether oxygens (including phenoxy) is 1. The van der Waals surface area contributed by atoms with Gasteiger partial charge in [0.1, 0.15) is 0 Å². The summed E-state index contributed by atoms with van der Waals surface area (Å²) in [5.74, 6) is 2.66. The molecule has 0 aromatic rings. The molecule has 0 spiro atoms. The van der Waals surface area contributed by atoms with Gasteiger partial charge in [0, 0.05) is 18.4 Å². The first-order valence-electron chi connectivity index (χ1n) is 9.55. The zero-order valence-corrected chi connectivity index (χ0v) is 14.4. The molecule has 23 heavy (non-hydrogen) atoms. The SMILES string of the molecule is CCOC(=O)CCCCCNC(=O)C12CC3CC(CC(C3)C1)C2. The van der Waals surface area contributed by atoms with Gasteiger partial charge in [-0.2, -0.15) is 0 Å². The molecule has 0 atom stereocenters. The number of esters is 1. The third-order valence-electron chi connectivity index (χ3n) is 6.17. The van der Waals surface area contributed by atoms with Gasteiger partial charge in [-0.05, 0) is 76.0 Å². The number of rotatable bonds is 8. The van der Waals surface area contributed by atoms with Crippen molar-refractivity contribution in [2.24, 2.45) is 23.2 Å². The molecule has 0 aromatic carbocycles. The van der Waals surface area contributed by atoms with Crippen LogP contribution in [0.1, 0.15) is 71.1 Å². The minimum Gasteiger partial charge on any atom is -0.466 e. The highest BCUT2D eigenvalue weighted by Crippen LogP contribution is 2.60. The molecule has 0 aromatic heterocycles. The third-order valence-corrected chi connectivity index (χ3v) is 6.17. The van der Waals surface area contributed by atoms with Gasteiger partial charge in [-0.15, -0.1) is 0 Å². The van der Waals surface area contributed by atoms with Gasteiger partial charge >= 0.3 is 5.97 Å². The highest BCUT2D eigenvalue weighted by Gasteiger charge is 2.54. The molecule has 4 nitrogen and oxygen atoms in total. The average Bonchev–Trinajstić information content (AvgIpc) is 2.49. The van der Waals surface area contributed by atoms with Crippen LogP contribution in [0.4, 0.5) is 0 Å². The Labute approximate surface area is 139 Å². The molecular formula is C19H31NO3. The second-order valence-electron chi connectivity index (χ2n) is 8.07. The van der Waals surface area contributed by atoms with Crippen molar-refractivity contribution in [2.45, 2.75) is 71.1 Å². The molecule has 4 heteroatoms. The van der Waals surface area contributed by atoms with Crippen LogP contribution in [-0.4, -0.2) is 25.0 Å². The highest BCUT2D eigenvalue weighted by molar-refractivity contribution is 5.83. The Balaban J connectivity index is 1.35. The molecule has 0 saturated heterocycles. The van der Waals surface area contributed by atoms with E-state index in [1.807, 2.05) is 6.92 Å². The van der Waals surface area contributed by atoms with Crippen molar-refractivity contribution in [3.8, 4) is 0 Å². The zero-order chi connectivity index (χ0) is 16.3. The quantitative estimate of drug-likeness (QED) is 0.550. The summed E-state index contributed by atoms with van der Waals surface area (Å²) >= 11 is 0. The first-order chi connectivity index (χ1) is 11.1. The van der Waals surface area contributed by atoms with Crippen LogP contribution in [0.3, 0.4) is 0 Å². The van der Waals surface area contributed by atoms with Crippen LogP contribution in [-0.2, 0) is 14.3 Å². The van der Waals surface area contributed by atoms with Crippen LogP contribution in [0.15, 0.2) is 0 Å². The van der Waals surface area contributed by atoms with E-state index in [0.717, 1.165) is 62.8 Å². The van der Waals surface area contributed by atoms with E-state index in [4.69, 9.17) is 4.74 Å². The molecule has 4 aliphatic rings. The van der Waals surface area contributed by atoms with Crippen molar-refractivity contribution in [2.75, 3.05) is 13.2 Å². The summed E-state index contributed by atoms with van der Waals surface area (Å²) in [6.45, 7) is 3.04. The van der Waals surface area contributed by atoms with E-state index in [1.165, 1.54) is 19.3 Å². The number of amides is 1. The zero-order valence-electron chi connectivity index (χ0n) is 14.4. The van der Waals surface area contributed by atoms with Gasteiger partial charge in [0.25, 0.3) is 0 Å². The van der Waals surface area contributed by atoms with E-state index < -0.39 is 0 Å². The van der Waals surface area contributed by atoms with Gasteiger partial charge in [-0.1, -0.05) is 6.42 Å². The Kier molecular flexibility index (Phi) is 5.27. The van der Waals surface area contributed by atoms with Crippen LogP contribution in [0, 0.1) is 23.2 Å². The van der Waals surface area contributed by atoms with Gasteiger partial charge < -0.3 is 10.1 Å². The molecule has 0 unspecified atom stereocenters. The topological polar surface area (TPSA) is 55.4 Å². The van der Waals surface area contributed by atoms with Crippen LogP contribution in [0.2, 0.25) is 0 Å². The fourth-order valence-electron chi connectivity index (χ4n) is 5.58. The predicted molar refractivity (Wildman–Crippen MR) is 88.7 cm³/mol. The van der Waals surface area contributed by atoms with Crippen molar-refractivity contribution in [3.63, 3.8) is 0 Å². The molecule has 4 fully saturated rings. The molecule has 130 valence electrons. The summed E-state index contributed by atoms with van der Waals surface area (Å²) in [4.78, 5) is 24.0. The molecule has 1 N–H and O–H groups in total. The lowest BCUT2D eigenvalue weighted by molar-refractivity contribution is -0.146. The maximum absolute atomic E-state index is 12.7. The minimum atomic E-state index is -0.106. The molecular weight excluding hydrogens is 290 g/mol. The Bertz CT molecular complexity index is 411. The fraction of sp³-hybridized carbons (Fsp3) is 0.895. The lowest BCUT2D eigenvalue weighted by atomic mass is 9.49. The third kappa shape index (κ3) is 3.89. The van der Waals surface area contributed by atoms with E-state index in [9.17, 15) is 9.59 Å². The summed E-state index contributed by atoms with van der Waals surface area (Å²) in [5.41, 5.74) is -0.0281. The smallest absolute Gasteiger partial charge is 0.305 e. The van der Waals surface area contributed by atoms with E-state index in [2.05, 4.69) is 5.32 Å². The average molecular weight is 321 g/mol. The number of unbranched alkanes of at least 4 members (excludes halogenated alkanes) is 2. The molecule has 4 saturated carbocycles. The minimum absolute atomic E-state index is 0.0281. The van der Waals surface area contributed by atoms with Crippen molar-refractivity contribution in [1.29, 1.82) is 0 Å². The molecule has 4 rings (SSSR count). The van der Waals surface area contributed by atoms with Crippen LogP contribution < -0.4 is 5.32 Å². The van der Waals surface area contributed by atoms with Gasteiger partial charge in [-0.25, -0.2) is 0 Å². The van der Waals surface area contributed by atoms with Crippen LogP contribution in [0.25, 0.3) is 0 Å². The Morgan fingerprint density at radius 2 is 1.61 bits per heavy atom. The van der Waals surface area contributed by atoms with Crippen LogP contribution >= 0.6 is 0 Å². The molecule has 1 amide bonds. The second-order valence-corrected chi connectivity index (χ2v) is 8.07. The van der Waals surface area contributed by atoms with E-state index in [0.29, 0.717) is 18.9 Å². The van der Waals surface area contributed by atoms with Crippen molar-refractivity contribution in [3.05, 3.63) is 0 Å². The highest BCUT2D eigenvalue weighted by atomic mass is 16.5. The predicted octanol–water partition coefficient (Wildman–Crippen LogP) is 3.44. The maximum atomic E-state index is 12.7. The Morgan fingerprint density at radius 3 is 2.17 bits per heavy atom. The van der Waals surface area contributed by atoms with Crippen molar-refractivity contribution < 1.29 is 14.3 Å². The summed E-state index contributed by atoms with van der Waals surface area (Å²) in [6.07, 6.45) is 10.8. The number of carbonyl (C=O) groups is 2. The van der Waals surface area contributed by atoms with Gasteiger partial charge in [0.2, 0.25) is 5.91 Å². The first kappa shape index (κ1) is 16.8. The number of carbonyl (C=O) groups excluding carboxylic acids is 2. The van der Waals surface area contributed by atoms with Crippen molar-refractivity contribution in [1.82, 2.24) is 5.32 Å². The lowest BCUT2D eigenvalue weighted by Gasteiger charge is -2.55. The Hall–Kier alpha value is -1.06. The summed E-state index contributed by atoms with van der Waals surface area (Å²) in [5, 5.41) is 3.20. The molecule has 4 aliphatic carbocycles. The first-order valence-corrected chi connectivity index (χ1v) is 9.55. The van der Waals surface area contributed by atoms with Crippen molar-refractivity contribution >= 4 is 11.9 Å². The van der Waals surface area contributed by atoms with Gasteiger partial charge in [0.15, 0.2) is 0 Å².